The van der Waals surface area contributed by atoms with Crippen molar-refractivity contribution in [3.05, 3.63) is 72.0 Å². The van der Waals surface area contributed by atoms with Crippen LogP contribution in [-0.4, -0.2) is 72.1 Å². The first-order valence-corrected chi connectivity index (χ1v) is 16.1. The molecule has 232 valence electrons. The third-order valence-corrected chi connectivity index (χ3v) is 10.4. The molecule has 43 heavy (non-hydrogen) atoms. The lowest BCUT2D eigenvalue weighted by molar-refractivity contribution is -0.137. The summed E-state index contributed by atoms with van der Waals surface area (Å²) >= 11 is 0. The molecule has 2 aliphatic heterocycles. The van der Waals surface area contributed by atoms with Crippen LogP contribution in [0.5, 0.6) is 11.5 Å². The van der Waals surface area contributed by atoms with Crippen molar-refractivity contribution >= 4 is 25.5 Å². The summed E-state index contributed by atoms with van der Waals surface area (Å²) in [5.74, 6) is -1.51. The zero-order chi connectivity index (χ0) is 31.2. The first-order valence-electron chi connectivity index (χ1n) is 12.8. The number of fused-ring (bicyclic) bond motifs is 1. The summed E-state index contributed by atoms with van der Waals surface area (Å²) < 4.78 is 143. The van der Waals surface area contributed by atoms with Crippen LogP contribution in [-0.2, 0) is 26.0 Å². The Bertz CT molecular complexity index is 1720. The van der Waals surface area contributed by atoms with E-state index in [0.29, 0.717) is 6.07 Å². The van der Waals surface area contributed by atoms with Crippen molar-refractivity contribution < 1.29 is 52.7 Å². The first-order chi connectivity index (χ1) is 20.1. The predicted octanol–water partition coefficient (Wildman–Crippen LogP) is 4.80. The number of nitrogens with zero attached hydrogens (tertiary/aromatic N) is 2. The fourth-order valence-electron chi connectivity index (χ4n) is 4.90. The van der Waals surface area contributed by atoms with Crippen LogP contribution >= 0.6 is 0 Å². The van der Waals surface area contributed by atoms with E-state index in [0.717, 1.165) is 40.7 Å². The Morgan fingerprint density at radius 2 is 1.70 bits per heavy atom. The second-order valence-corrected chi connectivity index (χ2v) is 14.2. The van der Waals surface area contributed by atoms with Gasteiger partial charge < -0.3 is 9.47 Å². The molecule has 0 spiro atoms. The minimum atomic E-state index is -4.81. The molecule has 0 aliphatic carbocycles. The predicted molar refractivity (Wildman–Crippen MR) is 144 cm³/mol. The first kappa shape index (κ1) is 30.9. The Morgan fingerprint density at radius 3 is 2.37 bits per heavy atom. The molecular weight excluding hydrogens is 626 g/mol. The van der Waals surface area contributed by atoms with Crippen molar-refractivity contribution in [3.8, 4) is 22.6 Å². The van der Waals surface area contributed by atoms with Crippen LogP contribution in [0.3, 0.4) is 0 Å². The van der Waals surface area contributed by atoms with E-state index >= 15 is 0 Å². The number of halogens is 6. The van der Waals surface area contributed by atoms with E-state index in [1.807, 2.05) is 0 Å². The third-order valence-electron chi connectivity index (χ3n) is 6.97. The van der Waals surface area contributed by atoms with Gasteiger partial charge in [0, 0.05) is 25.7 Å². The summed E-state index contributed by atoms with van der Waals surface area (Å²) in [7, 11) is -7.83. The maximum absolute atomic E-state index is 14.3. The minimum Gasteiger partial charge on any atom is -0.485 e. The van der Waals surface area contributed by atoms with Crippen LogP contribution in [0, 0.1) is 5.82 Å². The molecule has 0 saturated carbocycles. The summed E-state index contributed by atoms with van der Waals surface area (Å²) in [5, 5.41) is 0. The molecular formula is C27H24F6N2O6S2. The van der Waals surface area contributed by atoms with E-state index in [4.69, 9.17) is 4.74 Å². The third kappa shape index (κ3) is 7.02. The number of anilines is 1. The number of benzene rings is 3. The quantitative estimate of drug-likeness (QED) is 0.340. The molecule has 0 unspecified atom stereocenters. The van der Waals surface area contributed by atoms with E-state index in [2.05, 4.69) is 4.74 Å². The van der Waals surface area contributed by atoms with Gasteiger partial charge in [-0.15, -0.1) is 0 Å². The lowest BCUT2D eigenvalue weighted by Gasteiger charge is -2.38. The second-order valence-electron chi connectivity index (χ2n) is 9.99. The van der Waals surface area contributed by atoms with Gasteiger partial charge in [0.05, 0.1) is 34.2 Å². The largest absolute Gasteiger partial charge is 0.485 e. The molecule has 0 aromatic heterocycles. The van der Waals surface area contributed by atoms with E-state index in [1.54, 1.807) is 4.90 Å². The van der Waals surface area contributed by atoms with Crippen LogP contribution in [0.15, 0.2) is 65.6 Å². The van der Waals surface area contributed by atoms with Crippen LogP contribution in [0.4, 0.5) is 32.0 Å². The highest BCUT2D eigenvalue weighted by Crippen LogP contribution is 2.41. The molecule has 0 N–H and O–H groups in total. The normalized spacial score (nSPS) is 19.1. The van der Waals surface area contributed by atoms with Gasteiger partial charge in [-0.1, -0.05) is 12.1 Å². The summed E-state index contributed by atoms with van der Waals surface area (Å²) in [5.41, 5.74) is -1.00. The molecule has 2 aliphatic rings. The molecule has 16 heteroatoms. The number of ether oxygens (including phenoxy) is 2. The van der Waals surface area contributed by atoms with Gasteiger partial charge in [0.25, 0.3) is 10.0 Å². The Kier molecular flexibility index (Phi) is 8.30. The van der Waals surface area contributed by atoms with E-state index in [-0.39, 0.29) is 60.2 Å². The summed E-state index contributed by atoms with van der Waals surface area (Å²) in [6.45, 7) is -3.06. The van der Waals surface area contributed by atoms with Crippen molar-refractivity contribution in [1.29, 1.82) is 0 Å². The number of sulfonamides is 1. The fourth-order valence-corrected chi connectivity index (χ4v) is 7.72. The van der Waals surface area contributed by atoms with Gasteiger partial charge in [-0.25, -0.2) is 21.2 Å². The number of hydrogen-bond donors (Lipinski definition) is 0. The van der Waals surface area contributed by atoms with Crippen molar-refractivity contribution in [3.63, 3.8) is 0 Å². The van der Waals surface area contributed by atoms with Crippen molar-refractivity contribution in [2.24, 2.45) is 0 Å². The second kappa shape index (κ2) is 11.5. The molecule has 3 aromatic rings. The van der Waals surface area contributed by atoms with Crippen molar-refractivity contribution in [1.82, 2.24) is 4.90 Å². The zero-order valence-electron chi connectivity index (χ0n) is 22.1. The van der Waals surface area contributed by atoms with Crippen molar-refractivity contribution in [2.75, 3.05) is 42.0 Å². The molecule has 1 fully saturated rings. The monoisotopic (exact) mass is 650 g/mol. The average molecular weight is 651 g/mol. The van der Waals surface area contributed by atoms with Crippen LogP contribution in [0.25, 0.3) is 11.1 Å². The minimum absolute atomic E-state index is 0.0423. The molecule has 5 rings (SSSR count). The Labute approximate surface area is 243 Å². The highest BCUT2D eigenvalue weighted by molar-refractivity contribution is 7.93. The molecule has 0 amide bonds. The Balaban J connectivity index is 1.55. The van der Waals surface area contributed by atoms with Gasteiger partial charge in [-0.3, -0.25) is 9.21 Å². The van der Waals surface area contributed by atoms with Gasteiger partial charge in [0.15, 0.2) is 9.84 Å². The summed E-state index contributed by atoms with van der Waals surface area (Å²) in [6, 6.07) is 10.2. The van der Waals surface area contributed by atoms with E-state index in [1.165, 1.54) is 18.2 Å². The van der Waals surface area contributed by atoms with E-state index < -0.39 is 60.8 Å². The van der Waals surface area contributed by atoms with E-state index in [9.17, 15) is 43.2 Å². The van der Waals surface area contributed by atoms with Crippen LogP contribution in [0.2, 0.25) is 0 Å². The number of rotatable bonds is 7. The number of alkyl halides is 5. The van der Waals surface area contributed by atoms with Crippen molar-refractivity contribution in [2.45, 2.75) is 23.8 Å². The maximum Gasteiger partial charge on any atom is 0.416 e. The van der Waals surface area contributed by atoms with Gasteiger partial charge in [0.1, 0.15) is 23.4 Å². The highest BCUT2D eigenvalue weighted by atomic mass is 32.2. The lowest BCUT2D eigenvalue weighted by atomic mass is 10.0. The summed E-state index contributed by atoms with van der Waals surface area (Å²) in [4.78, 5) is 1.15. The van der Waals surface area contributed by atoms with Gasteiger partial charge in [-0.2, -0.15) is 22.0 Å². The zero-order valence-corrected chi connectivity index (χ0v) is 23.7. The molecule has 2 heterocycles. The van der Waals surface area contributed by atoms with Crippen LogP contribution < -0.4 is 13.8 Å². The summed E-state index contributed by atoms with van der Waals surface area (Å²) in [6.07, 6.45) is -5.64. The maximum atomic E-state index is 14.3. The Hall–Kier alpha value is -3.50. The molecule has 0 radical (unpaired) electrons. The topological polar surface area (TPSA) is 93.2 Å². The molecule has 1 atom stereocenters. The van der Waals surface area contributed by atoms with Crippen LogP contribution in [0.1, 0.15) is 5.56 Å². The standard InChI is InChI=1S/C27H24F6N2O6S2/c28-20-10-18(11-21(14-20)41-26(29)30)17-4-5-25-24(12-17)35(16-22(40-25)15-34-6-8-42(36,37)9-7-34)43(38,39)23-3-1-2-19(13-23)27(31,32)33/h1-5,10-14,22,26H,6-9,15-16H2/t22-/m0/s1. The molecule has 3 aromatic carbocycles. The number of hydrogen-bond acceptors (Lipinski definition) is 7. The lowest BCUT2D eigenvalue weighted by Crippen LogP contribution is -2.51. The van der Waals surface area contributed by atoms with Gasteiger partial charge in [-0.05, 0) is 53.6 Å². The highest BCUT2D eigenvalue weighted by Gasteiger charge is 2.38. The molecule has 8 nitrogen and oxygen atoms in total. The average Bonchev–Trinajstić information content (AvgIpc) is 2.92. The smallest absolute Gasteiger partial charge is 0.416 e. The van der Waals surface area contributed by atoms with Gasteiger partial charge in [0.2, 0.25) is 0 Å². The number of sulfone groups is 1. The molecule has 1 saturated heterocycles. The Morgan fingerprint density at radius 1 is 0.977 bits per heavy atom. The fraction of sp³-hybridized carbons (Fsp3) is 0.333. The van der Waals surface area contributed by atoms with Gasteiger partial charge >= 0.3 is 12.8 Å². The SMILES string of the molecule is O=S1(=O)CCN(C[C@H]2CN(S(=O)(=O)c3cccc(C(F)(F)F)c3)c3cc(-c4cc(F)cc(OC(F)F)c4)ccc3O2)CC1. The molecule has 0 bridgehead atoms.